The zero-order valence-corrected chi connectivity index (χ0v) is 68.3. The third-order valence-electron chi connectivity index (χ3n) is 27.7. The van der Waals surface area contributed by atoms with Crippen LogP contribution in [-0.4, -0.2) is 27.4 Å². The smallest absolute Gasteiger partial charge is 0.0547 e. The second-order valence-electron chi connectivity index (χ2n) is 34.0. The molecule has 0 saturated heterocycles. The fourth-order valence-electron chi connectivity index (χ4n) is 22.6. The monoisotopic (exact) mass is 1600 g/mol. The Morgan fingerprint density at radius 3 is 0.595 bits per heavy atom. The lowest BCUT2D eigenvalue weighted by Crippen LogP contribution is -2.05. The minimum Gasteiger partial charge on any atom is -0.309 e. The molecule has 28 rings (SSSR count). The van der Waals surface area contributed by atoms with Crippen LogP contribution in [0.4, 0.5) is 0 Å². The average Bonchev–Trinajstić information content (AvgIpc) is 1.40. The van der Waals surface area contributed by atoms with Crippen molar-refractivity contribution in [2.45, 2.75) is 0 Å². The van der Waals surface area contributed by atoms with Gasteiger partial charge in [0.05, 0.1) is 88.9 Å². The van der Waals surface area contributed by atoms with Crippen molar-refractivity contribution in [1.82, 2.24) is 27.4 Å². The average molecular weight is 1600 g/mol. The first-order chi connectivity index (χ1) is 62.6. The highest BCUT2D eigenvalue weighted by Gasteiger charge is 2.33. The Morgan fingerprint density at radius 2 is 0.310 bits per heavy atom. The number of rotatable bonds is 7. The predicted octanol–water partition coefficient (Wildman–Crippen LogP) is 31.9. The number of hydrogen-bond donors (Lipinski definition) is 0. The number of para-hydroxylation sites is 8. The van der Waals surface area contributed by atoms with Crippen molar-refractivity contribution in [3.63, 3.8) is 0 Å². The van der Waals surface area contributed by atoms with Crippen LogP contribution in [-0.2, 0) is 0 Å². The lowest BCUT2D eigenvalue weighted by Gasteiger charge is -2.27. The van der Waals surface area contributed by atoms with Gasteiger partial charge in [-0.15, -0.1) is 0 Å². The molecule has 6 heterocycles. The Bertz CT molecular complexity index is 9150. The number of benzene rings is 20. The van der Waals surface area contributed by atoms with E-state index in [-0.39, 0.29) is 0 Å². The molecule has 2 aliphatic rings. The predicted molar refractivity (Wildman–Crippen MR) is 529 cm³/mol. The standard InChI is InChI=1S/C120H72N6/c1-5-41-91-77(29-1)78-30-2-6-42-92(78)120-98(97-47-27-58-112(119(91)97)124-108-56-24-16-40-88(108)100-72-76(64-68-110(100)124)122-103-51-19-11-35-83(103)84-36-12-20-52-104(84)122)48-28-60-114(120)126-106-54-22-14-38-86(106)90-66-62-74(70-116(90)126)73-61-65-89-85-37-13-21-53-105(85)125(115(89)69-73)113-59-26-46-96-79-31-3-7-43-93(79)117-95(80-32-4-8-44-94(80)118(96)113)45-25-57-111(117)123-107-55-23-15-39-87(107)99-71-75(63-67-109(99)123)121-101-49-17-9-33-81(101)82-34-10-18-50-102(82)121/h1-72H. The van der Waals surface area contributed by atoms with Gasteiger partial charge in [0.15, 0.2) is 0 Å². The summed E-state index contributed by atoms with van der Waals surface area (Å²) < 4.78 is 15.1. The van der Waals surface area contributed by atoms with Crippen LogP contribution in [0.5, 0.6) is 0 Å². The second-order valence-corrected chi connectivity index (χ2v) is 34.0. The van der Waals surface area contributed by atoms with Crippen molar-refractivity contribution in [1.29, 1.82) is 0 Å². The van der Waals surface area contributed by atoms with E-state index in [1.165, 1.54) is 176 Å². The summed E-state index contributed by atoms with van der Waals surface area (Å²) in [6.45, 7) is 0. The first-order valence-corrected chi connectivity index (χ1v) is 43.6. The zero-order chi connectivity index (χ0) is 82.1. The van der Waals surface area contributed by atoms with E-state index in [1.54, 1.807) is 0 Å². The first-order valence-electron chi connectivity index (χ1n) is 43.6. The molecule has 0 aliphatic heterocycles. The molecule has 0 saturated carbocycles. The van der Waals surface area contributed by atoms with Gasteiger partial charge in [0.25, 0.3) is 0 Å². The van der Waals surface area contributed by atoms with Crippen molar-refractivity contribution in [3.05, 3.63) is 437 Å². The van der Waals surface area contributed by atoms with Gasteiger partial charge < -0.3 is 27.4 Å². The summed E-state index contributed by atoms with van der Waals surface area (Å²) in [4.78, 5) is 0. The Kier molecular flexibility index (Phi) is 14.4. The maximum Gasteiger partial charge on any atom is 0.0547 e. The van der Waals surface area contributed by atoms with Crippen molar-refractivity contribution >= 4 is 131 Å². The van der Waals surface area contributed by atoms with Gasteiger partial charge >= 0.3 is 0 Å². The highest BCUT2D eigenvalue weighted by molar-refractivity contribution is 6.20. The van der Waals surface area contributed by atoms with Crippen LogP contribution in [0.2, 0.25) is 0 Å². The van der Waals surface area contributed by atoms with Crippen LogP contribution in [0.25, 0.3) is 265 Å². The van der Waals surface area contributed by atoms with Crippen LogP contribution in [0.15, 0.2) is 437 Å². The molecule has 0 amide bonds. The molecular weight excluding hydrogens is 1530 g/mol. The molecule has 0 spiro atoms. The molecule has 6 aromatic heterocycles. The molecule has 20 aromatic carbocycles. The molecule has 0 radical (unpaired) electrons. The lowest BCUT2D eigenvalue weighted by atomic mass is 9.79. The van der Waals surface area contributed by atoms with Gasteiger partial charge in [-0.2, -0.15) is 0 Å². The molecule has 0 fully saturated rings. The Hall–Kier alpha value is -16.8. The Balaban J connectivity index is 0.614. The van der Waals surface area contributed by atoms with Crippen LogP contribution in [0, 0.1) is 0 Å². The molecule has 0 unspecified atom stereocenters. The minimum absolute atomic E-state index is 1.11. The fourth-order valence-corrected chi connectivity index (χ4v) is 22.6. The molecule has 6 nitrogen and oxygen atoms in total. The van der Waals surface area contributed by atoms with Gasteiger partial charge in [-0.3, -0.25) is 0 Å². The fraction of sp³-hybridized carbons (Fsp3) is 0. The van der Waals surface area contributed by atoms with E-state index in [4.69, 9.17) is 0 Å². The topological polar surface area (TPSA) is 29.6 Å². The molecule has 0 N–H and O–H groups in total. The molecule has 2 aliphatic carbocycles. The number of nitrogens with zero attached hydrogens (tertiary/aromatic N) is 6. The highest BCUT2D eigenvalue weighted by atomic mass is 15.0. The Morgan fingerprint density at radius 1 is 0.111 bits per heavy atom. The summed E-state index contributed by atoms with van der Waals surface area (Å²) >= 11 is 0. The summed E-state index contributed by atoms with van der Waals surface area (Å²) in [5.74, 6) is 0. The zero-order valence-electron chi connectivity index (χ0n) is 68.3. The van der Waals surface area contributed by atoms with Crippen LogP contribution < -0.4 is 0 Å². The summed E-state index contributed by atoms with van der Waals surface area (Å²) in [5.41, 5.74) is 41.9. The summed E-state index contributed by atoms with van der Waals surface area (Å²) in [6, 6.07) is 164. The summed E-state index contributed by atoms with van der Waals surface area (Å²) in [6.07, 6.45) is 0. The van der Waals surface area contributed by atoms with E-state index in [0.717, 1.165) is 89.4 Å². The quantitative estimate of drug-likeness (QED) is 0.152. The van der Waals surface area contributed by atoms with Gasteiger partial charge in [-0.05, 0) is 199 Å². The van der Waals surface area contributed by atoms with Crippen molar-refractivity contribution in [2.24, 2.45) is 0 Å². The van der Waals surface area contributed by atoms with Crippen molar-refractivity contribution in [2.75, 3.05) is 0 Å². The highest BCUT2D eigenvalue weighted by Crippen LogP contribution is 2.57. The minimum atomic E-state index is 1.11. The maximum absolute atomic E-state index is 2.57. The molecular formula is C120H72N6. The van der Waals surface area contributed by atoms with Gasteiger partial charge in [-0.1, -0.05) is 315 Å². The SMILES string of the molecule is c1ccc2c(c1)-c1cccc(-n3c4ccccc4c4ccc(-c5ccc6c7ccccc7n(-c7cccc8c7-c7ccccc7-c7ccccc7-c7c-8cccc7-n7c8ccccc8c8cc(-n9c%10ccccc%10c%10ccccc%109)ccc87)c6c5)cc43)c1-c1ccccc1-c1cccc(-n3c4ccccc4c4cc(-n5c6ccccc6c6ccccc65)ccc43)c1-2. The van der Waals surface area contributed by atoms with E-state index >= 15 is 0 Å². The molecule has 0 bridgehead atoms. The van der Waals surface area contributed by atoms with Gasteiger partial charge in [-0.25, -0.2) is 0 Å². The lowest BCUT2D eigenvalue weighted by molar-refractivity contribution is 1.16. The number of aromatic nitrogens is 6. The third-order valence-corrected chi connectivity index (χ3v) is 27.7. The van der Waals surface area contributed by atoms with Crippen molar-refractivity contribution < 1.29 is 0 Å². The maximum atomic E-state index is 2.57. The first kappa shape index (κ1) is 68.9. The Labute approximate surface area is 724 Å². The van der Waals surface area contributed by atoms with Gasteiger partial charge in [0.2, 0.25) is 0 Å². The van der Waals surface area contributed by atoms with Gasteiger partial charge in [0.1, 0.15) is 0 Å². The van der Waals surface area contributed by atoms with Gasteiger partial charge in [0, 0.05) is 98.3 Å². The van der Waals surface area contributed by atoms with E-state index in [9.17, 15) is 0 Å². The summed E-state index contributed by atoms with van der Waals surface area (Å²) in [7, 11) is 0. The van der Waals surface area contributed by atoms with E-state index in [2.05, 4.69) is 464 Å². The molecule has 0 atom stereocenters. The number of fused-ring (bicyclic) bond motifs is 34. The summed E-state index contributed by atoms with van der Waals surface area (Å²) in [5, 5.41) is 14.6. The molecule has 6 heteroatoms. The van der Waals surface area contributed by atoms with Crippen molar-refractivity contribution in [3.8, 4) is 134 Å². The third kappa shape index (κ3) is 9.58. The molecule has 126 heavy (non-hydrogen) atoms. The van der Waals surface area contributed by atoms with E-state index < -0.39 is 0 Å². The second kappa shape index (κ2) is 26.4. The molecule has 26 aromatic rings. The van der Waals surface area contributed by atoms with E-state index in [1.807, 2.05) is 0 Å². The van der Waals surface area contributed by atoms with Crippen LogP contribution >= 0.6 is 0 Å². The molecule has 582 valence electrons. The normalized spacial score (nSPS) is 12.3. The van der Waals surface area contributed by atoms with E-state index in [0.29, 0.717) is 0 Å². The van der Waals surface area contributed by atoms with Crippen LogP contribution in [0.3, 0.4) is 0 Å². The van der Waals surface area contributed by atoms with Crippen LogP contribution in [0.1, 0.15) is 0 Å². The number of hydrogen-bond acceptors (Lipinski definition) is 0. The largest absolute Gasteiger partial charge is 0.309 e.